The number of halogens is 2. The summed E-state index contributed by atoms with van der Waals surface area (Å²) in [4.78, 5) is 12.6. The minimum Gasteiger partial charge on any atom is -0.495 e. The number of methoxy groups -OCH3 is 1. The Bertz CT molecular complexity index is 617. The average molecular weight is 297 g/mol. The van der Waals surface area contributed by atoms with Crippen molar-refractivity contribution in [3.63, 3.8) is 0 Å². The van der Waals surface area contributed by atoms with E-state index in [1.807, 2.05) is 6.07 Å². The summed E-state index contributed by atoms with van der Waals surface area (Å²) in [5.74, 6) is 0.876. The van der Waals surface area contributed by atoms with Gasteiger partial charge in [0.25, 0.3) is 0 Å². The van der Waals surface area contributed by atoms with Crippen LogP contribution >= 0.6 is 23.2 Å². The number of benzene rings is 1. The first kappa shape index (κ1) is 13.0. The lowest BCUT2D eigenvalue weighted by atomic mass is 9.84. The second kappa shape index (κ2) is 4.53. The van der Waals surface area contributed by atoms with E-state index in [2.05, 4.69) is 6.92 Å². The molecule has 0 N–H and O–H groups in total. The van der Waals surface area contributed by atoms with E-state index in [9.17, 15) is 4.79 Å². The summed E-state index contributed by atoms with van der Waals surface area (Å²) < 4.78 is 5.24. The number of ketones is 1. The van der Waals surface area contributed by atoms with Gasteiger partial charge in [-0.15, -0.1) is 0 Å². The topological polar surface area (TPSA) is 26.3 Å². The number of fused-ring (bicyclic) bond motifs is 2. The molecule has 2 aliphatic carbocycles. The van der Waals surface area contributed by atoms with Crippen molar-refractivity contribution >= 4 is 34.6 Å². The summed E-state index contributed by atoms with van der Waals surface area (Å²) in [6, 6.07) is 1.85. The lowest BCUT2D eigenvalue weighted by Crippen LogP contribution is -2.11. The van der Waals surface area contributed by atoms with Crippen LogP contribution in [0.3, 0.4) is 0 Å². The molecule has 2 aliphatic rings. The van der Waals surface area contributed by atoms with Crippen molar-refractivity contribution in [3.8, 4) is 5.75 Å². The Morgan fingerprint density at radius 2 is 2.05 bits per heavy atom. The SMILES string of the molecule is COc1cc2c(c(Cl)c1Cl)C(=O)C1=C2CCCC1C. The van der Waals surface area contributed by atoms with Crippen LogP contribution in [0.1, 0.15) is 42.1 Å². The molecule has 1 atom stereocenters. The zero-order valence-electron chi connectivity index (χ0n) is 10.8. The minimum absolute atomic E-state index is 0.0479. The van der Waals surface area contributed by atoms with Gasteiger partial charge in [0.05, 0.1) is 17.7 Å². The number of Topliss-reactive ketones (excluding diaryl/α,β-unsaturated/α-hetero) is 1. The van der Waals surface area contributed by atoms with E-state index in [1.165, 1.54) is 0 Å². The van der Waals surface area contributed by atoms with Gasteiger partial charge in [0, 0.05) is 5.57 Å². The molecular formula is C15H14Cl2O2. The van der Waals surface area contributed by atoms with Crippen LogP contribution in [0, 0.1) is 5.92 Å². The predicted molar refractivity (Wildman–Crippen MR) is 77.3 cm³/mol. The standard InChI is InChI=1S/C15H14Cl2O2/c1-7-4-3-5-8-9-6-10(19-2)13(16)14(17)12(9)15(18)11(7)8/h6-7H,3-5H2,1-2H3. The highest BCUT2D eigenvalue weighted by Crippen LogP contribution is 2.49. The van der Waals surface area contributed by atoms with Crippen LogP contribution < -0.4 is 4.74 Å². The number of allylic oxidation sites excluding steroid dienone is 2. The highest BCUT2D eigenvalue weighted by atomic mass is 35.5. The molecular weight excluding hydrogens is 283 g/mol. The molecule has 0 fully saturated rings. The van der Waals surface area contributed by atoms with Gasteiger partial charge in [-0.05, 0) is 42.4 Å². The quantitative estimate of drug-likeness (QED) is 0.746. The summed E-state index contributed by atoms with van der Waals surface area (Å²) in [5, 5.41) is 0.645. The lowest BCUT2D eigenvalue weighted by Gasteiger charge is -2.20. The van der Waals surface area contributed by atoms with Crippen molar-refractivity contribution in [2.24, 2.45) is 5.92 Å². The molecule has 3 rings (SSSR count). The minimum atomic E-state index is 0.0479. The molecule has 0 aromatic heterocycles. The van der Waals surface area contributed by atoms with Gasteiger partial charge in [-0.3, -0.25) is 4.79 Å². The fraction of sp³-hybridized carbons (Fsp3) is 0.400. The highest BCUT2D eigenvalue weighted by Gasteiger charge is 2.37. The van der Waals surface area contributed by atoms with Crippen LogP contribution in [0.2, 0.25) is 10.0 Å². The van der Waals surface area contributed by atoms with Crippen LogP contribution in [0.4, 0.5) is 0 Å². The van der Waals surface area contributed by atoms with E-state index in [0.29, 0.717) is 27.3 Å². The van der Waals surface area contributed by atoms with Gasteiger partial charge in [0.15, 0.2) is 5.78 Å². The molecule has 1 aromatic carbocycles. The zero-order valence-corrected chi connectivity index (χ0v) is 12.4. The molecule has 0 bridgehead atoms. The normalized spacial score (nSPS) is 21.5. The molecule has 2 nitrogen and oxygen atoms in total. The molecule has 0 saturated heterocycles. The van der Waals surface area contributed by atoms with Crippen LogP contribution in [0.25, 0.3) is 5.57 Å². The van der Waals surface area contributed by atoms with Crippen molar-refractivity contribution < 1.29 is 9.53 Å². The Kier molecular flexibility index (Phi) is 3.11. The number of carbonyl (C=O) groups is 1. The van der Waals surface area contributed by atoms with Crippen LogP contribution in [-0.2, 0) is 0 Å². The average Bonchev–Trinajstić information content (AvgIpc) is 2.68. The predicted octanol–water partition coefficient (Wildman–Crippen LogP) is 4.77. The van der Waals surface area contributed by atoms with Gasteiger partial charge in [-0.2, -0.15) is 0 Å². The maximum absolute atomic E-state index is 12.6. The Balaban J connectivity index is 2.27. The number of ether oxygens (including phenoxy) is 1. The van der Waals surface area contributed by atoms with Crippen molar-refractivity contribution in [2.75, 3.05) is 7.11 Å². The fourth-order valence-electron chi connectivity index (χ4n) is 3.15. The summed E-state index contributed by atoms with van der Waals surface area (Å²) in [6.45, 7) is 2.10. The molecule has 0 amide bonds. The van der Waals surface area contributed by atoms with Gasteiger partial charge in [0.1, 0.15) is 10.8 Å². The molecule has 19 heavy (non-hydrogen) atoms. The van der Waals surface area contributed by atoms with E-state index >= 15 is 0 Å². The maximum atomic E-state index is 12.6. The summed E-state index contributed by atoms with van der Waals surface area (Å²) in [5.41, 5.74) is 3.53. The molecule has 100 valence electrons. The van der Waals surface area contributed by atoms with Crippen molar-refractivity contribution in [2.45, 2.75) is 26.2 Å². The van der Waals surface area contributed by atoms with Gasteiger partial charge in [-0.25, -0.2) is 0 Å². The first-order valence-electron chi connectivity index (χ1n) is 6.40. The molecule has 0 spiro atoms. The summed E-state index contributed by atoms with van der Waals surface area (Å²) in [6.07, 6.45) is 3.09. The van der Waals surface area contributed by atoms with Crippen LogP contribution in [0.5, 0.6) is 5.75 Å². The molecule has 1 unspecified atom stereocenters. The van der Waals surface area contributed by atoms with Crippen LogP contribution in [0.15, 0.2) is 11.6 Å². The zero-order chi connectivity index (χ0) is 13.7. The third-order valence-corrected chi connectivity index (χ3v) is 4.92. The number of hydrogen-bond acceptors (Lipinski definition) is 2. The first-order chi connectivity index (χ1) is 9.06. The third-order valence-electron chi connectivity index (χ3n) is 4.07. The first-order valence-corrected chi connectivity index (χ1v) is 7.16. The van der Waals surface area contributed by atoms with E-state index in [0.717, 1.165) is 36.0 Å². The molecule has 0 radical (unpaired) electrons. The Morgan fingerprint density at radius 1 is 1.32 bits per heavy atom. The van der Waals surface area contributed by atoms with Crippen molar-refractivity contribution in [3.05, 3.63) is 32.8 Å². The van der Waals surface area contributed by atoms with E-state index < -0.39 is 0 Å². The van der Waals surface area contributed by atoms with Gasteiger partial charge >= 0.3 is 0 Å². The largest absolute Gasteiger partial charge is 0.495 e. The molecule has 0 aliphatic heterocycles. The third kappa shape index (κ3) is 1.73. The monoisotopic (exact) mass is 296 g/mol. The van der Waals surface area contributed by atoms with Crippen molar-refractivity contribution in [1.29, 1.82) is 0 Å². The van der Waals surface area contributed by atoms with Crippen LogP contribution in [-0.4, -0.2) is 12.9 Å². The lowest BCUT2D eigenvalue weighted by molar-refractivity contribution is 0.102. The smallest absolute Gasteiger partial charge is 0.191 e. The maximum Gasteiger partial charge on any atom is 0.191 e. The molecule has 0 saturated carbocycles. The number of rotatable bonds is 1. The number of carbonyl (C=O) groups excluding carboxylic acids is 1. The van der Waals surface area contributed by atoms with E-state index in [-0.39, 0.29) is 5.78 Å². The van der Waals surface area contributed by atoms with E-state index in [4.69, 9.17) is 27.9 Å². The Hall–Kier alpha value is -0.990. The second-order valence-corrected chi connectivity index (χ2v) is 5.90. The molecule has 0 heterocycles. The van der Waals surface area contributed by atoms with Crippen molar-refractivity contribution in [1.82, 2.24) is 0 Å². The fourth-order valence-corrected chi connectivity index (χ4v) is 3.65. The Labute approximate surface area is 122 Å². The summed E-state index contributed by atoms with van der Waals surface area (Å²) >= 11 is 12.4. The second-order valence-electron chi connectivity index (χ2n) is 5.14. The highest BCUT2D eigenvalue weighted by molar-refractivity contribution is 6.46. The molecule has 4 heteroatoms. The number of hydrogen-bond donors (Lipinski definition) is 0. The Morgan fingerprint density at radius 3 is 2.74 bits per heavy atom. The van der Waals surface area contributed by atoms with Gasteiger partial charge < -0.3 is 4.74 Å². The van der Waals surface area contributed by atoms with E-state index in [1.54, 1.807) is 7.11 Å². The summed E-state index contributed by atoms with van der Waals surface area (Å²) in [7, 11) is 1.56. The van der Waals surface area contributed by atoms with Gasteiger partial charge in [0.2, 0.25) is 0 Å². The van der Waals surface area contributed by atoms with Gasteiger partial charge in [-0.1, -0.05) is 30.1 Å². The molecule has 1 aromatic rings.